The minimum Gasteiger partial charge on any atom is -0.399 e. The van der Waals surface area contributed by atoms with E-state index in [0.717, 1.165) is 18.7 Å². The van der Waals surface area contributed by atoms with E-state index in [9.17, 15) is 0 Å². The van der Waals surface area contributed by atoms with Gasteiger partial charge in [0, 0.05) is 18.3 Å². The largest absolute Gasteiger partial charge is 0.399 e. The van der Waals surface area contributed by atoms with Gasteiger partial charge in [0.1, 0.15) is 0 Å². The third-order valence-electron chi connectivity index (χ3n) is 3.49. The zero-order valence-electron chi connectivity index (χ0n) is 11.7. The van der Waals surface area contributed by atoms with Gasteiger partial charge in [-0.05, 0) is 36.7 Å². The second-order valence-electron chi connectivity index (χ2n) is 4.99. The molecular weight excluding hydrogens is 232 g/mol. The number of nitrogen functional groups attached to an aromatic ring is 1. The molecule has 0 saturated carbocycles. The number of benzene rings is 2. The lowest BCUT2D eigenvalue weighted by molar-refractivity contribution is 0.230. The SMILES string of the molecule is CCC(c1cccc(N)c1)N(C)Cc1ccccc1. The highest BCUT2D eigenvalue weighted by Crippen LogP contribution is 2.25. The Bertz CT molecular complexity index is 508. The maximum atomic E-state index is 5.89. The van der Waals surface area contributed by atoms with Crippen LogP contribution < -0.4 is 5.73 Å². The molecule has 0 aromatic heterocycles. The molecule has 0 aliphatic heterocycles. The molecule has 0 amide bonds. The maximum absolute atomic E-state index is 5.89. The van der Waals surface area contributed by atoms with E-state index >= 15 is 0 Å². The van der Waals surface area contributed by atoms with E-state index in [0.29, 0.717) is 6.04 Å². The lowest BCUT2D eigenvalue weighted by Crippen LogP contribution is -2.23. The summed E-state index contributed by atoms with van der Waals surface area (Å²) < 4.78 is 0. The molecule has 0 aliphatic rings. The Morgan fingerprint density at radius 3 is 2.42 bits per heavy atom. The highest BCUT2D eigenvalue weighted by atomic mass is 15.1. The van der Waals surface area contributed by atoms with Gasteiger partial charge in [0.2, 0.25) is 0 Å². The topological polar surface area (TPSA) is 29.3 Å². The lowest BCUT2D eigenvalue weighted by Gasteiger charge is -2.28. The maximum Gasteiger partial charge on any atom is 0.0346 e. The highest BCUT2D eigenvalue weighted by Gasteiger charge is 2.15. The van der Waals surface area contributed by atoms with E-state index in [-0.39, 0.29) is 0 Å². The fourth-order valence-electron chi connectivity index (χ4n) is 2.55. The van der Waals surface area contributed by atoms with Gasteiger partial charge in [0.05, 0.1) is 0 Å². The van der Waals surface area contributed by atoms with E-state index in [1.54, 1.807) is 0 Å². The van der Waals surface area contributed by atoms with Crippen LogP contribution in [0.5, 0.6) is 0 Å². The number of hydrogen-bond donors (Lipinski definition) is 1. The molecule has 0 fully saturated rings. The van der Waals surface area contributed by atoms with Gasteiger partial charge in [-0.15, -0.1) is 0 Å². The van der Waals surface area contributed by atoms with E-state index in [2.05, 4.69) is 61.3 Å². The summed E-state index contributed by atoms with van der Waals surface area (Å²) >= 11 is 0. The van der Waals surface area contributed by atoms with Crippen LogP contribution in [0.4, 0.5) is 5.69 Å². The summed E-state index contributed by atoms with van der Waals surface area (Å²) in [5.74, 6) is 0. The summed E-state index contributed by atoms with van der Waals surface area (Å²) in [5.41, 5.74) is 9.36. The predicted molar refractivity (Wildman–Crippen MR) is 81.8 cm³/mol. The average molecular weight is 254 g/mol. The lowest BCUT2D eigenvalue weighted by atomic mass is 10.0. The molecule has 0 radical (unpaired) electrons. The van der Waals surface area contributed by atoms with Crippen molar-refractivity contribution in [2.24, 2.45) is 0 Å². The van der Waals surface area contributed by atoms with Crippen LogP contribution in [-0.2, 0) is 6.54 Å². The fraction of sp³-hybridized carbons (Fsp3) is 0.294. The highest BCUT2D eigenvalue weighted by molar-refractivity contribution is 5.41. The first-order valence-electron chi connectivity index (χ1n) is 6.80. The van der Waals surface area contributed by atoms with Crippen molar-refractivity contribution in [3.8, 4) is 0 Å². The Hall–Kier alpha value is -1.80. The van der Waals surface area contributed by atoms with Crippen molar-refractivity contribution in [3.05, 3.63) is 65.7 Å². The minimum atomic E-state index is 0.406. The van der Waals surface area contributed by atoms with Crippen LogP contribution in [0.25, 0.3) is 0 Å². The second-order valence-corrected chi connectivity index (χ2v) is 4.99. The number of hydrogen-bond acceptors (Lipinski definition) is 2. The number of anilines is 1. The van der Waals surface area contributed by atoms with Crippen molar-refractivity contribution in [3.63, 3.8) is 0 Å². The first kappa shape index (κ1) is 13.6. The van der Waals surface area contributed by atoms with Gasteiger partial charge in [-0.1, -0.05) is 49.4 Å². The summed E-state index contributed by atoms with van der Waals surface area (Å²) in [5, 5.41) is 0. The van der Waals surface area contributed by atoms with Crippen LogP contribution in [0.3, 0.4) is 0 Å². The summed E-state index contributed by atoms with van der Waals surface area (Å²) in [7, 11) is 2.17. The van der Waals surface area contributed by atoms with Gasteiger partial charge in [0.25, 0.3) is 0 Å². The van der Waals surface area contributed by atoms with Crippen molar-refractivity contribution in [2.75, 3.05) is 12.8 Å². The zero-order chi connectivity index (χ0) is 13.7. The molecule has 2 aromatic carbocycles. The standard InChI is InChI=1S/C17H22N2/c1-3-17(15-10-7-11-16(18)12-15)19(2)13-14-8-5-4-6-9-14/h4-12,17H,3,13,18H2,1-2H3. The van der Waals surface area contributed by atoms with Crippen LogP contribution in [0.2, 0.25) is 0 Å². The Balaban J connectivity index is 2.13. The fourth-order valence-corrected chi connectivity index (χ4v) is 2.55. The van der Waals surface area contributed by atoms with E-state index < -0.39 is 0 Å². The molecule has 2 aromatic rings. The normalized spacial score (nSPS) is 12.6. The molecule has 0 saturated heterocycles. The van der Waals surface area contributed by atoms with Gasteiger partial charge >= 0.3 is 0 Å². The van der Waals surface area contributed by atoms with Crippen molar-refractivity contribution in [2.45, 2.75) is 25.9 Å². The van der Waals surface area contributed by atoms with Crippen LogP contribution >= 0.6 is 0 Å². The van der Waals surface area contributed by atoms with Crippen molar-refractivity contribution >= 4 is 5.69 Å². The molecule has 0 aliphatic carbocycles. The molecule has 2 nitrogen and oxygen atoms in total. The van der Waals surface area contributed by atoms with Crippen LogP contribution in [0.15, 0.2) is 54.6 Å². The molecular formula is C17H22N2. The number of nitrogens with two attached hydrogens (primary N) is 1. The van der Waals surface area contributed by atoms with Gasteiger partial charge in [-0.2, -0.15) is 0 Å². The molecule has 19 heavy (non-hydrogen) atoms. The van der Waals surface area contributed by atoms with Crippen LogP contribution in [0, 0.1) is 0 Å². The van der Waals surface area contributed by atoms with E-state index in [1.165, 1.54) is 11.1 Å². The molecule has 2 heteroatoms. The molecule has 1 atom stereocenters. The minimum absolute atomic E-state index is 0.406. The molecule has 0 spiro atoms. The number of rotatable bonds is 5. The summed E-state index contributed by atoms with van der Waals surface area (Å²) in [6.45, 7) is 3.17. The van der Waals surface area contributed by atoms with Crippen molar-refractivity contribution < 1.29 is 0 Å². The Kier molecular flexibility index (Phi) is 4.58. The molecule has 2 rings (SSSR count). The Morgan fingerprint density at radius 1 is 1.05 bits per heavy atom. The molecule has 0 bridgehead atoms. The van der Waals surface area contributed by atoms with Gasteiger partial charge in [-0.3, -0.25) is 4.90 Å². The molecule has 100 valence electrons. The summed E-state index contributed by atoms with van der Waals surface area (Å²) in [4.78, 5) is 2.38. The smallest absolute Gasteiger partial charge is 0.0346 e. The summed E-state index contributed by atoms with van der Waals surface area (Å²) in [6, 6.07) is 19.2. The number of nitrogens with zero attached hydrogens (tertiary/aromatic N) is 1. The van der Waals surface area contributed by atoms with Gasteiger partial charge in [-0.25, -0.2) is 0 Å². The van der Waals surface area contributed by atoms with Gasteiger partial charge in [0.15, 0.2) is 0 Å². The van der Waals surface area contributed by atoms with Crippen LogP contribution in [0.1, 0.15) is 30.5 Å². The quantitative estimate of drug-likeness (QED) is 0.821. The van der Waals surface area contributed by atoms with E-state index in [1.807, 2.05) is 12.1 Å². The molecule has 1 unspecified atom stereocenters. The Morgan fingerprint density at radius 2 is 1.79 bits per heavy atom. The second kappa shape index (κ2) is 6.39. The first-order valence-corrected chi connectivity index (χ1v) is 6.80. The summed E-state index contributed by atoms with van der Waals surface area (Å²) in [6.07, 6.45) is 1.08. The molecule has 0 heterocycles. The Labute approximate surface area is 115 Å². The first-order chi connectivity index (χ1) is 9.20. The average Bonchev–Trinajstić information content (AvgIpc) is 2.41. The zero-order valence-corrected chi connectivity index (χ0v) is 11.7. The molecule has 2 N–H and O–H groups in total. The predicted octanol–water partition coefficient (Wildman–Crippen LogP) is 3.85. The van der Waals surface area contributed by atoms with Crippen LogP contribution in [-0.4, -0.2) is 11.9 Å². The van der Waals surface area contributed by atoms with Crippen molar-refractivity contribution in [1.82, 2.24) is 4.90 Å². The third-order valence-corrected chi connectivity index (χ3v) is 3.49. The van der Waals surface area contributed by atoms with Gasteiger partial charge < -0.3 is 5.73 Å². The third kappa shape index (κ3) is 3.58. The monoisotopic (exact) mass is 254 g/mol. The van der Waals surface area contributed by atoms with Crippen molar-refractivity contribution in [1.29, 1.82) is 0 Å². The van der Waals surface area contributed by atoms with E-state index in [4.69, 9.17) is 5.73 Å².